The van der Waals surface area contributed by atoms with Crippen LogP contribution in [0.15, 0.2) is 19.9 Å². The molecule has 12 unspecified atom stereocenters. The van der Waals surface area contributed by atoms with Crippen molar-refractivity contribution in [1.29, 1.82) is 10.5 Å². The van der Waals surface area contributed by atoms with Gasteiger partial charge in [-0.15, -0.1) is 47.0 Å². The Morgan fingerprint density at radius 2 is 0.758 bits per heavy atom. The minimum Gasteiger partial charge on any atom is -0.282 e. The lowest BCUT2D eigenvalue weighted by atomic mass is 9.50. The summed E-state index contributed by atoms with van der Waals surface area (Å²) in [5.74, 6) is -5.33. The summed E-state index contributed by atoms with van der Waals surface area (Å²) in [7, 11) is 0. The van der Waals surface area contributed by atoms with Crippen LogP contribution in [0.3, 0.4) is 0 Å². The van der Waals surface area contributed by atoms with E-state index in [1.165, 1.54) is 108 Å². The van der Waals surface area contributed by atoms with Crippen LogP contribution < -0.4 is 0 Å². The molecule has 66 heavy (non-hydrogen) atoms. The van der Waals surface area contributed by atoms with Gasteiger partial charge >= 0.3 is 0 Å². The second kappa shape index (κ2) is 25.6. The van der Waals surface area contributed by atoms with Crippen molar-refractivity contribution < 1.29 is 19.2 Å². The number of rotatable bonds is 26. The lowest BCUT2D eigenvalue weighted by Gasteiger charge is -2.65. The molecule has 0 bridgehead atoms. The predicted octanol–water partition coefficient (Wildman–Crippen LogP) is 13.0. The van der Waals surface area contributed by atoms with Gasteiger partial charge in [0.1, 0.15) is 21.9 Å². The molecule has 0 aromatic rings. The van der Waals surface area contributed by atoms with Crippen LogP contribution in [0, 0.1) is 83.1 Å². The maximum Gasteiger partial charge on any atom is 0.234 e. The van der Waals surface area contributed by atoms with E-state index in [2.05, 4.69) is 49.5 Å². The van der Waals surface area contributed by atoms with Crippen LogP contribution in [0.1, 0.15) is 169 Å². The van der Waals surface area contributed by atoms with E-state index in [1.807, 2.05) is 0 Å². The molecule has 4 amide bonds. The first-order valence-electron chi connectivity index (χ1n) is 25.5. The number of unbranched alkanes of at least 4 members (excludes halogenated alkanes) is 14. The molecule has 2 saturated heterocycles. The summed E-state index contributed by atoms with van der Waals surface area (Å²) >= 11 is 4.89. The summed E-state index contributed by atoms with van der Waals surface area (Å²) in [6.45, 7) is 25.6. The van der Waals surface area contributed by atoms with Crippen molar-refractivity contribution in [2.45, 2.75) is 190 Å². The molecule has 4 fully saturated rings. The Morgan fingerprint density at radius 1 is 0.470 bits per heavy atom. The molecule has 0 spiro atoms. The molecule has 0 aromatic carbocycles. The second-order valence-electron chi connectivity index (χ2n) is 19.7. The number of nitrogens with zero attached hydrogens (tertiary/aromatic N) is 6. The van der Waals surface area contributed by atoms with Crippen LogP contribution in [0.25, 0.3) is 9.69 Å². The Balaban J connectivity index is 1.37. The molecule has 2 saturated carbocycles. The van der Waals surface area contributed by atoms with E-state index in [4.69, 9.17) is 13.1 Å². The first-order valence-corrected chi connectivity index (χ1v) is 29.1. The monoisotopic (exact) mass is 972 g/mol. The van der Waals surface area contributed by atoms with Gasteiger partial charge in [-0.3, -0.25) is 29.0 Å². The first-order chi connectivity index (χ1) is 32.1. The number of hydrogen-bond donors (Lipinski definition) is 0. The average molecular weight is 973 g/mol. The number of likely N-dealkylation sites (tertiary alicyclic amines) is 2. The molecule has 0 radical (unpaired) electrons. The molecule has 10 nitrogen and oxygen atoms in total. The van der Waals surface area contributed by atoms with Crippen LogP contribution in [-0.4, -0.2) is 67.5 Å². The number of hydrogen-bond acceptors (Lipinski definition) is 10. The standard InChI is InChI=1S/C52H72N6O4S4/c1-7-11-15-17-18-19-20-21-22-24-28-34(26-14-10-4)32-58-50(60)40-38-37-39(43-44(40)64-36(30-54)35(29-53)63-43)49(59)57(31-33(25-13-9-3)27-23-16-12-8-2)51(61)41(37)45-46(42(38)52(58)62)66-48(56-6)47(55-5)65-45/h33-34,37-46H,7-28,31-32H2,1-4H3. The highest BCUT2D eigenvalue weighted by atomic mass is 32.2. The third-order valence-corrected chi connectivity index (χ3v) is 21.5. The summed E-state index contributed by atoms with van der Waals surface area (Å²) < 4.78 is 0. The lowest BCUT2D eigenvalue weighted by molar-refractivity contribution is -0.184. The molecule has 4 aliphatic heterocycles. The minimum absolute atomic E-state index is 0.116. The van der Waals surface area contributed by atoms with Crippen molar-refractivity contribution in [3.63, 3.8) is 0 Å². The number of thioether (sulfide) groups is 4. The molecule has 12 atom stereocenters. The Hall–Kier alpha value is -2.88. The van der Waals surface area contributed by atoms with E-state index in [1.54, 1.807) is 0 Å². The molecule has 0 aromatic heterocycles. The van der Waals surface area contributed by atoms with Crippen LogP contribution in [0.5, 0.6) is 0 Å². The molecule has 2 aliphatic carbocycles. The van der Waals surface area contributed by atoms with Gasteiger partial charge in [0, 0.05) is 34.1 Å². The fourth-order valence-electron chi connectivity index (χ4n) is 12.2. The molecule has 0 N–H and O–H groups in total. The highest BCUT2D eigenvalue weighted by molar-refractivity contribution is 8.11. The van der Waals surface area contributed by atoms with E-state index in [0.717, 1.165) is 89.9 Å². The lowest BCUT2D eigenvalue weighted by Crippen LogP contribution is -2.76. The number of carbonyl (C=O) groups excluding carboxylic acids is 4. The van der Waals surface area contributed by atoms with Crippen LogP contribution >= 0.6 is 47.0 Å². The van der Waals surface area contributed by atoms with Gasteiger partial charge < -0.3 is 0 Å². The smallest absolute Gasteiger partial charge is 0.234 e. The minimum atomic E-state index is -0.774. The number of carbonyl (C=O) groups is 4. The third kappa shape index (κ3) is 11.4. The van der Waals surface area contributed by atoms with E-state index in [9.17, 15) is 10.5 Å². The molecular formula is C52H72N6O4S4. The van der Waals surface area contributed by atoms with E-state index < -0.39 is 56.5 Å². The van der Waals surface area contributed by atoms with Crippen LogP contribution in [0.4, 0.5) is 0 Å². The van der Waals surface area contributed by atoms with Gasteiger partial charge in [-0.05, 0) is 49.4 Å². The van der Waals surface area contributed by atoms with Crippen molar-refractivity contribution in [2.24, 2.45) is 47.3 Å². The van der Waals surface area contributed by atoms with E-state index >= 15 is 19.2 Å². The number of fused-ring (bicyclic) bond motifs is 6. The number of amides is 4. The second-order valence-corrected chi connectivity index (χ2v) is 24.4. The van der Waals surface area contributed by atoms with Gasteiger partial charge in [-0.25, -0.2) is 9.69 Å². The summed E-state index contributed by atoms with van der Waals surface area (Å²) in [5.41, 5.74) is 0. The molecular weight excluding hydrogens is 901 g/mol. The Morgan fingerprint density at radius 3 is 1.08 bits per heavy atom. The quantitative estimate of drug-likeness (QED) is 0.0469. The maximum atomic E-state index is 15.5. The Bertz CT molecular complexity index is 1890. The van der Waals surface area contributed by atoms with Gasteiger partial charge in [0.05, 0.1) is 36.8 Å². The molecule has 4 heterocycles. The SMILES string of the molecule is [C-]#[N+]C1=C([N+]#[C-])SC2C(S1)C1C(=O)N(CC(CCCC)CCCCCC)C(=O)C3C4SC(C#N)=C(C#N)SC4C4C(=O)N(CC(CCCC)CCCCCCCCCCCC)C(=O)C2C4C31. The summed E-state index contributed by atoms with van der Waals surface area (Å²) in [6, 6.07) is 4.47. The number of imide groups is 2. The van der Waals surface area contributed by atoms with Gasteiger partial charge in [0.15, 0.2) is 0 Å². The fraction of sp³-hybridized carbons (Fsp3) is 0.769. The zero-order chi connectivity index (χ0) is 47.3. The number of allylic oxidation sites excluding steroid dienone is 2. The van der Waals surface area contributed by atoms with Crippen molar-refractivity contribution in [3.8, 4) is 12.1 Å². The first kappa shape index (κ1) is 52.5. The van der Waals surface area contributed by atoms with E-state index in [0.29, 0.717) is 13.1 Å². The van der Waals surface area contributed by atoms with Crippen molar-refractivity contribution in [1.82, 2.24) is 9.80 Å². The zero-order valence-electron chi connectivity index (χ0n) is 39.8. The zero-order valence-corrected chi connectivity index (χ0v) is 43.1. The fourth-order valence-corrected chi connectivity index (χ4v) is 18.3. The molecule has 6 aliphatic rings. The predicted molar refractivity (Wildman–Crippen MR) is 270 cm³/mol. The van der Waals surface area contributed by atoms with Crippen molar-refractivity contribution in [2.75, 3.05) is 13.1 Å². The average Bonchev–Trinajstić information content (AvgIpc) is 3.33. The number of nitriles is 2. The summed E-state index contributed by atoms with van der Waals surface area (Å²) in [4.78, 5) is 72.9. The topological polar surface area (TPSA) is 131 Å². The van der Waals surface area contributed by atoms with Gasteiger partial charge in [-0.1, -0.05) is 143 Å². The van der Waals surface area contributed by atoms with Crippen LogP contribution in [-0.2, 0) is 19.2 Å². The van der Waals surface area contributed by atoms with Crippen molar-refractivity contribution >= 4 is 70.7 Å². The normalized spacial score (nSPS) is 29.9. The summed E-state index contributed by atoms with van der Waals surface area (Å²) in [6.07, 6.45) is 24.2. The van der Waals surface area contributed by atoms with Gasteiger partial charge in [-0.2, -0.15) is 10.5 Å². The Labute approximate surface area is 413 Å². The van der Waals surface area contributed by atoms with Gasteiger partial charge in [0.25, 0.3) is 0 Å². The number of piperidine rings is 2. The molecule has 14 heteroatoms. The van der Waals surface area contributed by atoms with Gasteiger partial charge in [0.2, 0.25) is 33.7 Å². The Kier molecular flexibility index (Phi) is 20.4. The largest absolute Gasteiger partial charge is 0.282 e. The maximum absolute atomic E-state index is 15.5. The third-order valence-electron chi connectivity index (χ3n) is 15.4. The molecule has 358 valence electrons. The highest BCUT2D eigenvalue weighted by Gasteiger charge is 2.73. The highest BCUT2D eigenvalue weighted by Crippen LogP contribution is 2.68. The molecule has 6 rings (SSSR count). The van der Waals surface area contributed by atoms with E-state index in [-0.39, 0.29) is 55.3 Å². The van der Waals surface area contributed by atoms with Crippen LogP contribution in [0.2, 0.25) is 0 Å². The van der Waals surface area contributed by atoms with Crippen molar-refractivity contribution in [3.05, 3.63) is 42.7 Å². The summed E-state index contributed by atoms with van der Waals surface area (Å²) in [5, 5.41) is 18.9.